The number of anilines is 2. The smallest absolute Gasteiger partial charge is 0.410 e. The lowest BCUT2D eigenvalue weighted by atomic mass is 10.2. The maximum Gasteiger partial charge on any atom is 0.410 e. The minimum absolute atomic E-state index is 0.101. The molecule has 3 N–H and O–H groups in total. The summed E-state index contributed by atoms with van der Waals surface area (Å²) in [5, 5.41) is 2.94. The van der Waals surface area contributed by atoms with Crippen molar-refractivity contribution in [2.45, 2.75) is 46.3 Å². The second-order valence-electron chi connectivity index (χ2n) is 9.75. The highest BCUT2D eigenvalue weighted by molar-refractivity contribution is 5.87. The molecule has 0 spiro atoms. The summed E-state index contributed by atoms with van der Waals surface area (Å²) < 4.78 is 12.0. The van der Waals surface area contributed by atoms with Gasteiger partial charge in [0.15, 0.2) is 17.0 Å². The number of carbonyl (C=O) groups is 3. The lowest BCUT2D eigenvalue weighted by Gasteiger charge is -2.27. The Kier molecular flexibility index (Phi) is 11.0. The van der Waals surface area contributed by atoms with Gasteiger partial charge in [0.25, 0.3) is 0 Å². The van der Waals surface area contributed by atoms with Crippen LogP contribution in [-0.4, -0.2) is 113 Å². The number of likely N-dealkylation sites (N-methyl/N-ethyl adjacent to an activating group) is 1. The minimum Gasteiger partial charge on any atom is -0.465 e. The standard InChI is InChI=1S/C24H41N9O5/c1-8-37-18(35)15-32(13-12-31(7)23(36)38-24(2,3)4)17(34)14-33-16-27-19-20(30(6)11-9-10-25)28-22(26-5)29-21(19)33/h16H,8-15,25H2,1-7H3,(H,26,28,29). The van der Waals surface area contributed by atoms with Crippen molar-refractivity contribution in [1.82, 2.24) is 29.3 Å². The van der Waals surface area contributed by atoms with Gasteiger partial charge in [-0.25, -0.2) is 9.78 Å². The number of esters is 1. The van der Waals surface area contributed by atoms with E-state index in [2.05, 4.69) is 20.3 Å². The Morgan fingerprint density at radius 2 is 1.84 bits per heavy atom. The molecule has 0 fully saturated rings. The summed E-state index contributed by atoms with van der Waals surface area (Å²) >= 11 is 0. The zero-order chi connectivity index (χ0) is 28.5. The van der Waals surface area contributed by atoms with Gasteiger partial charge in [-0.1, -0.05) is 0 Å². The summed E-state index contributed by atoms with van der Waals surface area (Å²) in [6, 6.07) is 0. The van der Waals surface area contributed by atoms with Gasteiger partial charge in [-0.3, -0.25) is 9.59 Å². The molecule has 2 heterocycles. The molecule has 212 valence electrons. The van der Waals surface area contributed by atoms with Crippen LogP contribution >= 0.6 is 0 Å². The van der Waals surface area contributed by atoms with Crippen molar-refractivity contribution in [2.24, 2.45) is 5.73 Å². The molecule has 38 heavy (non-hydrogen) atoms. The van der Waals surface area contributed by atoms with Gasteiger partial charge in [0.05, 0.1) is 12.9 Å². The number of hydrogen-bond donors (Lipinski definition) is 2. The largest absolute Gasteiger partial charge is 0.465 e. The third-order valence-corrected chi connectivity index (χ3v) is 5.42. The van der Waals surface area contributed by atoms with Crippen molar-refractivity contribution in [1.29, 1.82) is 0 Å². The maximum absolute atomic E-state index is 13.4. The van der Waals surface area contributed by atoms with E-state index in [1.807, 2.05) is 11.9 Å². The average molecular weight is 536 g/mol. The summed E-state index contributed by atoms with van der Waals surface area (Å²) in [5.41, 5.74) is 6.01. The minimum atomic E-state index is -0.653. The van der Waals surface area contributed by atoms with Crippen LogP contribution in [0.15, 0.2) is 6.33 Å². The molecule has 0 radical (unpaired) electrons. The molecule has 0 unspecified atom stereocenters. The Hall–Kier alpha value is -3.68. The zero-order valence-corrected chi connectivity index (χ0v) is 23.5. The SMILES string of the molecule is CCOC(=O)CN(CCN(C)C(=O)OC(C)(C)C)C(=O)Cn1cnc2c(N(C)CCCN)nc(NC)nc21. The van der Waals surface area contributed by atoms with Crippen LogP contribution in [-0.2, 0) is 25.6 Å². The molecule has 14 nitrogen and oxygen atoms in total. The Bertz CT molecular complexity index is 1100. The molecule has 0 bridgehead atoms. The van der Waals surface area contributed by atoms with Crippen LogP contribution in [0.25, 0.3) is 11.2 Å². The second-order valence-corrected chi connectivity index (χ2v) is 9.75. The highest BCUT2D eigenvalue weighted by Gasteiger charge is 2.24. The molecule has 0 aliphatic carbocycles. The van der Waals surface area contributed by atoms with Gasteiger partial charge >= 0.3 is 12.1 Å². The van der Waals surface area contributed by atoms with Gasteiger partial charge in [0.2, 0.25) is 11.9 Å². The molecule has 2 aromatic heterocycles. The number of aromatic nitrogens is 4. The first-order valence-corrected chi connectivity index (χ1v) is 12.6. The third kappa shape index (κ3) is 8.71. The number of amides is 2. The van der Waals surface area contributed by atoms with Crippen molar-refractivity contribution < 1.29 is 23.9 Å². The molecule has 0 saturated heterocycles. The topological polar surface area (TPSA) is 161 Å². The first-order valence-electron chi connectivity index (χ1n) is 12.6. The number of rotatable bonds is 13. The van der Waals surface area contributed by atoms with Gasteiger partial charge in [-0.2, -0.15) is 9.97 Å². The second kappa shape index (κ2) is 13.7. The molecule has 2 aromatic rings. The predicted octanol–water partition coefficient (Wildman–Crippen LogP) is 0.912. The molecule has 0 atom stereocenters. The fourth-order valence-electron chi connectivity index (χ4n) is 3.46. The molecular weight excluding hydrogens is 494 g/mol. The maximum atomic E-state index is 13.4. The van der Waals surface area contributed by atoms with E-state index in [-0.39, 0.29) is 38.7 Å². The van der Waals surface area contributed by atoms with Gasteiger partial charge in [-0.15, -0.1) is 0 Å². The lowest BCUT2D eigenvalue weighted by Crippen LogP contribution is -2.44. The van der Waals surface area contributed by atoms with Crippen molar-refractivity contribution in [3.8, 4) is 0 Å². The number of nitrogens with two attached hydrogens (primary N) is 1. The fourth-order valence-corrected chi connectivity index (χ4v) is 3.46. The monoisotopic (exact) mass is 535 g/mol. The van der Waals surface area contributed by atoms with Crippen LogP contribution < -0.4 is 16.0 Å². The fraction of sp³-hybridized carbons (Fsp3) is 0.667. The van der Waals surface area contributed by atoms with Crippen LogP contribution in [0.1, 0.15) is 34.1 Å². The van der Waals surface area contributed by atoms with Gasteiger partial charge < -0.3 is 39.8 Å². The Labute approximate surface area is 223 Å². The van der Waals surface area contributed by atoms with Crippen molar-refractivity contribution in [3.63, 3.8) is 0 Å². The van der Waals surface area contributed by atoms with Crippen molar-refractivity contribution in [3.05, 3.63) is 6.33 Å². The van der Waals surface area contributed by atoms with E-state index in [4.69, 9.17) is 15.2 Å². The Morgan fingerprint density at radius 1 is 1.13 bits per heavy atom. The van der Waals surface area contributed by atoms with E-state index in [0.29, 0.717) is 36.0 Å². The van der Waals surface area contributed by atoms with Crippen LogP contribution in [0.2, 0.25) is 0 Å². The predicted molar refractivity (Wildman–Crippen MR) is 144 cm³/mol. The first-order chi connectivity index (χ1) is 17.9. The molecule has 0 aliphatic rings. The number of carbonyl (C=O) groups excluding carboxylic acids is 3. The molecular formula is C24H41N9O5. The summed E-state index contributed by atoms with van der Waals surface area (Å²) in [6.45, 7) is 8.30. The third-order valence-electron chi connectivity index (χ3n) is 5.42. The normalized spacial score (nSPS) is 11.3. The molecule has 0 saturated carbocycles. The lowest BCUT2D eigenvalue weighted by molar-refractivity contribution is -0.149. The Balaban J connectivity index is 2.27. The Morgan fingerprint density at radius 3 is 2.45 bits per heavy atom. The molecule has 2 rings (SSSR count). The number of ether oxygens (including phenoxy) is 2. The van der Waals surface area contributed by atoms with Crippen LogP contribution in [0, 0.1) is 0 Å². The quantitative estimate of drug-likeness (QED) is 0.351. The summed E-state index contributed by atoms with van der Waals surface area (Å²) in [6.07, 6.45) is 1.77. The number of nitrogens with one attached hydrogen (secondary N) is 1. The number of hydrogen-bond acceptors (Lipinski definition) is 11. The summed E-state index contributed by atoms with van der Waals surface area (Å²) in [7, 11) is 5.17. The van der Waals surface area contributed by atoms with Crippen LogP contribution in [0.5, 0.6) is 0 Å². The van der Waals surface area contributed by atoms with E-state index in [1.54, 1.807) is 46.4 Å². The molecule has 0 aromatic carbocycles. The van der Waals surface area contributed by atoms with Gasteiger partial charge in [0, 0.05) is 40.8 Å². The summed E-state index contributed by atoms with van der Waals surface area (Å²) in [4.78, 5) is 56.1. The molecule has 2 amide bonds. The average Bonchev–Trinajstić information content (AvgIpc) is 3.25. The first kappa shape index (κ1) is 30.5. The van der Waals surface area contributed by atoms with Gasteiger partial charge in [0.1, 0.15) is 18.7 Å². The molecule has 14 heteroatoms. The van der Waals surface area contributed by atoms with E-state index in [1.165, 1.54) is 16.1 Å². The van der Waals surface area contributed by atoms with Crippen LogP contribution in [0.4, 0.5) is 16.6 Å². The van der Waals surface area contributed by atoms with E-state index in [9.17, 15) is 14.4 Å². The molecule has 0 aliphatic heterocycles. The van der Waals surface area contributed by atoms with Crippen LogP contribution in [0.3, 0.4) is 0 Å². The van der Waals surface area contributed by atoms with E-state index in [0.717, 1.165) is 6.42 Å². The zero-order valence-electron chi connectivity index (χ0n) is 23.5. The van der Waals surface area contributed by atoms with Crippen molar-refractivity contribution in [2.75, 3.05) is 70.7 Å². The number of fused-ring (bicyclic) bond motifs is 1. The number of nitrogens with zero attached hydrogens (tertiary/aromatic N) is 7. The summed E-state index contributed by atoms with van der Waals surface area (Å²) in [5.74, 6) is 0.0856. The highest BCUT2D eigenvalue weighted by atomic mass is 16.6. The highest BCUT2D eigenvalue weighted by Crippen LogP contribution is 2.23. The van der Waals surface area contributed by atoms with E-state index < -0.39 is 17.7 Å². The van der Waals surface area contributed by atoms with Crippen molar-refractivity contribution >= 4 is 40.9 Å². The van der Waals surface area contributed by atoms with Gasteiger partial charge in [-0.05, 0) is 40.7 Å². The van der Waals surface area contributed by atoms with E-state index >= 15 is 0 Å². The number of imidazole rings is 1.